The molecule has 60 heavy (non-hydrogen) atoms. The smallest absolute Gasteiger partial charge is 0.417 e. The molecule has 3 saturated heterocycles. The van der Waals surface area contributed by atoms with Crippen LogP contribution in [0.3, 0.4) is 0 Å². The van der Waals surface area contributed by atoms with Gasteiger partial charge in [-0.05, 0) is 113 Å². The maximum Gasteiger partial charge on any atom is 0.417 e. The molecule has 1 unspecified atom stereocenters. The number of piperidine rings is 1. The highest BCUT2D eigenvalue weighted by Crippen LogP contribution is 2.40. The minimum atomic E-state index is -4.80. The number of nitriles is 1. The Bertz CT molecular complexity index is 2250. The summed E-state index contributed by atoms with van der Waals surface area (Å²) in [5, 5.41) is 18.0. The lowest BCUT2D eigenvalue weighted by atomic mass is 10.0. The number of benzene rings is 3. The van der Waals surface area contributed by atoms with E-state index in [0.717, 1.165) is 22.6 Å². The lowest BCUT2D eigenvalue weighted by Crippen LogP contribution is -2.58. The zero-order chi connectivity index (χ0) is 43.7. The highest BCUT2D eigenvalue weighted by Gasteiger charge is 2.51. The normalized spacial score (nSPS) is 21.2. The van der Waals surface area contributed by atoms with Crippen molar-refractivity contribution in [3.8, 4) is 11.8 Å². The van der Waals surface area contributed by atoms with Gasteiger partial charge in [0.1, 0.15) is 23.9 Å². The highest BCUT2D eigenvalue weighted by atomic mass is 35.5. The van der Waals surface area contributed by atoms with E-state index in [0.29, 0.717) is 66.9 Å². The fourth-order valence-corrected chi connectivity index (χ4v) is 8.58. The van der Waals surface area contributed by atoms with E-state index in [2.05, 4.69) is 39.6 Å². The van der Waals surface area contributed by atoms with Crippen LogP contribution in [0.25, 0.3) is 0 Å². The summed E-state index contributed by atoms with van der Waals surface area (Å²) in [6.45, 7) is 11.9. The molecule has 0 bridgehead atoms. The molecule has 13 nitrogen and oxygen atoms in total. The minimum absolute atomic E-state index is 0.0104. The van der Waals surface area contributed by atoms with Gasteiger partial charge in [0.2, 0.25) is 17.7 Å². The molecule has 0 aromatic heterocycles. The van der Waals surface area contributed by atoms with Crippen molar-refractivity contribution in [3.63, 3.8) is 0 Å². The molecule has 3 aliphatic heterocycles. The second kappa shape index (κ2) is 17.7. The van der Waals surface area contributed by atoms with Crippen molar-refractivity contribution in [2.45, 2.75) is 83.7 Å². The lowest BCUT2D eigenvalue weighted by Gasteiger charge is -2.43. The molecule has 4 amide bonds. The average molecular weight is 867 g/mol. The standard InChI is InChI=1S/C42H46ClF3N8O5S/c1-6-26-15-32(54-40(60)53(39(58)41(54,4)5)31-8-7-27(20-47)33(19-31)42(44,45)46)9-11-35(26)59-14-13-51-21-25(3)52(22-24(51)2)23-37(56)49-30-17-28(43)16-29(18-30)48-34-10-12-36(55)50-38(34)57/h7-9,11,15-19,24-25,34,48H,6,10,12-14,21-23H2,1-5H3,(H,49,56)(H,50,55,57)/t24-,25+,34?/m1/s1. The number of hydrogen-bond donors (Lipinski definition) is 3. The van der Waals surface area contributed by atoms with Gasteiger partial charge in [0, 0.05) is 60.2 Å². The quantitative estimate of drug-likeness (QED) is 0.138. The van der Waals surface area contributed by atoms with Gasteiger partial charge in [0.15, 0.2) is 5.11 Å². The third-order valence-electron chi connectivity index (χ3n) is 11.0. The fourth-order valence-electron chi connectivity index (χ4n) is 7.82. The van der Waals surface area contributed by atoms with Crippen LogP contribution in [0, 0.1) is 11.3 Å². The third kappa shape index (κ3) is 9.52. The van der Waals surface area contributed by atoms with E-state index in [-0.39, 0.29) is 47.7 Å². The summed E-state index contributed by atoms with van der Waals surface area (Å²) < 4.78 is 47.7. The molecule has 18 heteroatoms. The lowest BCUT2D eigenvalue weighted by molar-refractivity contribution is -0.138. The molecule has 3 atom stereocenters. The number of alkyl halides is 3. The van der Waals surface area contributed by atoms with Crippen molar-refractivity contribution in [1.29, 1.82) is 5.26 Å². The summed E-state index contributed by atoms with van der Waals surface area (Å²) in [5.41, 5.74) is -0.554. The van der Waals surface area contributed by atoms with Crippen molar-refractivity contribution < 1.29 is 37.1 Å². The number of ether oxygens (including phenoxy) is 1. The summed E-state index contributed by atoms with van der Waals surface area (Å²) in [7, 11) is 0. The van der Waals surface area contributed by atoms with Crippen LogP contribution in [0.15, 0.2) is 54.6 Å². The molecule has 0 saturated carbocycles. The van der Waals surface area contributed by atoms with E-state index in [9.17, 15) is 37.6 Å². The van der Waals surface area contributed by atoms with Gasteiger partial charge < -0.3 is 20.3 Å². The van der Waals surface area contributed by atoms with Crippen LogP contribution in [0.4, 0.5) is 35.9 Å². The molecule has 3 aliphatic rings. The molecule has 0 spiro atoms. The van der Waals surface area contributed by atoms with Gasteiger partial charge in [-0.3, -0.25) is 39.2 Å². The maximum absolute atomic E-state index is 13.8. The second-order valence-electron chi connectivity index (χ2n) is 15.7. The summed E-state index contributed by atoms with van der Waals surface area (Å²) in [6, 6.07) is 14.7. The monoisotopic (exact) mass is 866 g/mol. The van der Waals surface area contributed by atoms with Crippen LogP contribution in [-0.4, -0.2) is 95.0 Å². The minimum Gasteiger partial charge on any atom is -0.492 e. The highest BCUT2D eigenvalue weighted by molar-refractivity contribution is 7.81. The maximum atomic E-state index is 13.8. The molecule has 3 heterocycles. The molecule has 6 rings (SSSR count). The van der Waals surface area contributed by atoms with Crippen LogP contribution in [0.5, 0.6) is 5.75 Å². The van der Waals surface area contributed by atoms with E-state index < -0.39 is 40.7 Å². The summed E-state index contributed by atoms with van der Waals surface area (Å²) in [6.07, 6.45) is -3.63. The van der Waals surface area contributed by atoms with Crippen molar-refractivity contribution in [2.24, 2.45) is 0 Å². The summed E-state index contributed by atoms with van der Waals surface area (Å²) in [4.78, 5) is 57.8. The van der Waals surface area contributed by atoms with Gasteiger partial charge in [-0.25, -0.2) is 0 Å². The number of imide groups is 1. The summed E-state index contributed by atoms with van der Waals surface area (Å²) in [5.74, 6) is -0.788. The fraction of sp³-hybridized carbons (Fsp3) is 0.429. The molecule has 3 fully saturated rings. The first-order valence-electron chi connectivity index (χ1n) is 19.5. The number of nitrogens with zero attached hydrogens (tertiary/aromatic N) is 5. The number of hydrogen-bond acceptors (Lipinski definition) is 10. The Hall–Kier alpha value is -5.28. The molecule has 0 radical (unpaired) electrons. The Kier molecular flexibility index (Phi) is 13.1. The Labute approximate surface area is 356 Å². The Morgan fingerprint density at radius 1 is 1.02 bits per heavy atom. The van der Waals surface area contributed by atoms with Crippen molar-refractivity contribution >= 4 is 75.3 Å². The van der Waals surface area contributed by atoms with E-state index in [1.54, 1.807) is 55.1 Å². The number of thiocarbonyl (C=S) groups is 1. The van der Waals surface area contributed by atoms with Gasteiger partial charge in [-0.15, -0.1) is 0 Å². The van der Waals surface area contributed by atoms with Crippen molar-refractivity contribution in [3.05, 3.63) is 76.3 Å². The van der Waals surface area contributed by atoms with Gasteiger partial charge in [-0.1, -0.05) is 18.5 Å². The molecular weight excluding hydrogens is 821 g/mol. The number of halogens is 4. The van der Waals surface area contributed by atoms with E-state index in [4.69, 9.17) is 28.6 Å². The van der Waals surface area contributed by atoms with Gasteiger partial charge in [-0.2, -0.15) is 18.4 Å². The first-order valence-corrected chi connectivity index (χ1v) is 20.3. The van der Waals surface area contributed by atoms with Crippen molar-refractivity contribution in [1.82, 2.24) is 15.1 Å². The van der Waals surface area contributed by atoms with Gasteiger partial charge >= 0.3 is 6.18 Å². The number of rotatable bonds is 12. The number of amides is 4. The van der Waals surface area contributed by atoms with Crippen molar-refractivity contribution in [2.75, 3.05) is 53.2 Å². The Balaban J connectivity index is 1.04. The number of anilines is 4. The topological polar surface area (TPSA) is 150 Å². The second-order valence-corrected chi connectivity index (χ2v) is 16.5. The predicted octanol–water partition coefficient (Wildman–Crippen LogP) is 6.34. The first-order chi connectivity index (χ1) is 28.3. The zero-order valence-corrected chi connectivity index (χ0v) is 35.4. The average Bonchev–Trinajstić information content (AvgIpc) is 3.35. The van der Waals surface area contributed by atoms with Crippen LogP contribution >= 0.6 is 23.8 Å². The predicted molar refractivity (Wildman–Crippen MR) is 226 cm³/mol. The Morgan fingerprint density at radius 3 is 2.38 bits per heavy atom. The van der Waals surface area contributed by atoms with Crippen LogP contribution < -0.4 is 30.5 Å². The molecule has 3 aromatic rings. The summed E-state index contributed by atoms with van der Waals surface area (Å²) >= 11 is 12.1. The number of nitrogens with one attached hydrogen (secondary N) is 3. The molecule has 0 aliphatic carbocycles. The molecule has 3 aromatic carbocycles. The molecular formula is C42H46ClF3N8O5S. The van der Waals surface area contributed by atoms with Gasteiger partial charge in [0.25, 0.3) is 5.91 Å². The largest absolute Gasteiger partial charge is 0.492 e. The Morgan fingerprint density at radius 2 is 1.70 bits per heavy atom. The number of aryl methyl sites for hydroxylation is 1. The molecule has 318 valence electrons. The number of piperazine rings is 1. The zero-order valence-electron chi connectivity index (χ0n) is 33.8. The first kappa shape index (κ1) is 44.3. The van der Waals surface area contributed by atoms with Crippen LogP contribution in [0.1, 0.15) is 64.2 Å². The van der Waals surface area contributed by atoms with E-state index in [1.807, 2.05) is 13.0 Å². The van der Waals surface area contributed by atoms with E-state index in [1.165, 1.54) is 6.07 Å². The van der Waals surface area contributed by atoms with Gasteiger partial charge in [0.05, 0.1) is 29.4 Å². The van der Waals surface area contributed by atoms with E-state index >= 15 is 0 Å². The number of carbonyl (C=O) groups is 4. The van der Waals surface area contributed by atoms with Crippen LogP contribution in [-0.2, 0) is 31.8 Å². The number of carbonyl (C=O) groups excluding carboxylic acids is 4. The SMILES string of the molecule is CCc1cc(N2C(=S)N(c3ccc(C#N)c(C(F)(F)F)c3)C(=O)C2(C)C)ccc1OCCN1C[C@H](C)N(CC(=O)Nc2cc(Cl)cc(NC3CCC(=O)NC3=O)c2)C[C@H]1C. The molecule has 3 N–H and O–H groups in total. The van der Waals surface area contributed by atoms with Crippen LogP contribution in [0.2, 0.25) is 5.02 Å². The third-order valence-corrected chi connectivity index (χ3v) is 11.6.